The summed E-state index contributed by atoms with van der Waals surface area (Å²) in [5, 5.41) is 7.55. The molecular formula is C8H14N2O2S3. The van der Waals surface area contributed by atoms with E-state index in [-0.39, 0.29) is 10.1 Å². The largest absolute Gasteiger partial charge is 0.233 e. The van der Waals surface area contributed by atoms with Crippen LogP contribution in [0.5, 0.6) is 0 Å². The summed E-state index contributed by atoms with van der Waals surface area (Å²) in [5.74, 6) is 1.05. The molecule has 0 unspecified atom stereocenters. The number of hydrogen-bond acceptors (Lipinski definition) is 6. The quantitative estimate of drug-likeness (QED) is 0.583. The molecule has 0 bridgehead atoms. The molecule has 0 amide bonds. The van der Waals surface area contributed by atoms with E-state index in [1.165, 1.54) is 11.3 Å². The fraction of sp³-hybridized carbons (Fsp3) is 0.750. The molecule has 1 aromatic heterocycles. The molecule has 0 saturated carbocycles. The van der Waals surface area contributed by atoms with Crippen LogP contribution < -0.4 is 0 Å². The number of thioether (sulfide) groups is 1. The van der Waals surface area contributed by atoms with Gasteiger partial charge in [0.15, 0.2) is 4.34 Å². The second-order valence-corrected chi connectivity index (χ2v) is 7.71. The van der Waals surface area contributed by atoms with Crippen molar-refractivity contribution in [3.05, 3.63) is 0 Å². The molecule has 0 aromatic carbocycles. The lowest BCUT2D eigenvalue weighted by Crippen LogP contribution is -2.02. The van der Waals surface area contributed by atoms with Gasteiger partial charge in [-0.25, -0.2) is 8.42 Å². The number of unbranched alkanes of at least 4 members (excludes halogenated alkanes) is 1. The van der Waals surface area contributed by atoms with Crippen molar-refractivity contribution in [3.8, 4) is 0 Å². The number of sulfone groups is 1. The van der Waals surface area contributed by atoms with Crippen LogP contribution in [0.15, 0.2) is 8.68 Å². The fourth-order valence-corrected chi connectivity index (χ4v) is 4.22. The molecule has 15 heavy (non-hydrogen) atoms. The third kappa shape index (κ3) is 3.73. The van der Waals surface area contributed by atoms with E-state index in [4.69, 9.17) is 0 Å². The van der Waals surface area contributed by atoms with Crippen LogP contribution in [0, 0.1) is 0 Å². The van der Waals surface area contributed by atoms with Crippen molar-refractivity contribution in [1.82, 2.24) is 10.2 Å². The summed E-state index contributed by atoms with van der Waals surface area (Å²) in [4.78, 5) is 0. The molecule has 0 aliphatic rings. The molecule has 4 nitrogen and oxygen atoms in total. The van der Waals surface area contributed by atoms with Crippen molar-refractivity contribution >= 4 is 32.9 Å². The predicted molar refractivity (Wildman–Crippen MR) is 63.3 cm³/mol. The number of hydrogen-bond donors (Lipinski definition) is 0. The second-order valence-electron chi connectivity index (χ2n) is 2.94. The van der Waals surface area contributed by atoms with Gasteiger partial charge in [-0.2, -0.15) is 0 Å². The van der Waals surface area contributed by atoms with Crippen LogP contribution in [-0.2, 0) is 9.84 Å². The molecule has 1 rings (SSSR count). The summed E-state index contributed by atoms with van der Waals surface area (Å²) in [6.45, 7) is 3.73. The highest BCUT2D eigenvalue weighted by atomic mass is 32.2. The highest BCUT2D eigenvalue weighted by Crippen LogP contribution is 2.26. The van der Waals surface area contributed by atoms with E-state index in [2.05, 4.69) is 17.1 Å². The number of aromatic nitrogens is 2. The van der Waals surface area contributed by atoms with Crippen LogP contribution in [-0.4, -0.2) is 30.1 Å². The van der Waals surface area contributed by atoms with Gasteiger partial charge in [-0.3, -0.25) is 0 Å². The Morgan fingerprint density at radius 1 is 1.33 bits per heavy atom. The molecule has 0 atom stereocenters. The Labute approximate surface area is 98.4 Å². The molecule has 1 aromatic rings. The molecule has 0 fully saturated rings. The highest BCUT2D eigenvalue weighted by molar-refractivity contribution is 8.01. The lowest BCUT2D eigenvalue weighted by atomic mass is 10.4. The second kappa shape index (κ2) is 5.81. The first-order valence-corrected chi connectivity index (χ1v) is 8.24. The average Bonchev–Trinajstić information content (AvgIpc) is 2.68. The van der Waals surface area contributed by atoms with Gasteiger partial charge in [-0.1, -0.05) is 43.4 Å². The highest BCUT2D eigenvalue weighted by Gasteiger charge is 2.17. The third-order valence-electron chi connectivity index (χ3n) is 1.76. The summed E-state index contributed by atoms with van der Waals surface area (Å²) in [6.07, 6.45) is 2.24. The van der Waals surface area contributed by atoms with Crippen molar-refractivity contribution in [2.45, 2.75) is 35.4 Å². The van der Waals surface area contributed by atoms with Crippen molar-refractivity contribution in [2.75, 3.05) is 11.5 Å². The van der Waals surface area contributed by atoms with Crippen LogP contribution in [0.3, 0.4) is 0 Å². The number of nitrogens with zero attached hydrogens (tertiary/aromatic N) is 2. The molecule has 0 radical (unpaired) electrons. The molecule has 7 heteroatoms. The zero-order valence-electron chi connectivity index (χ0n) is 8.76. The Bertz CT molecular complexity index is 400. The van der Waals surface area contributed by atoms with E-state index < -0.39 is 9.84 Å². The fourth-order valence-electron chi connectivity index (χ4n) is 0.808. The van der Waals surface area contributed by atoms with Gasteiger partial charge >= 0.3 is 0 Å². The van der Waals surface area contributed by atoms with E-state index in [9.17, 15) is 8.42 Å². The van der Waals surface area contributed by atoms with Gasteiger partial charge in [0.25, 0.3) is 0 Å². The molecule has 0 spiro atoms. The first-order valence-electron chi connectivity index (χ1n) is 4.79. The smallest absolute Gasteiger partial charge is 0.221 e. The van der Waals surface area contributed by atoms with Crippen molar-refractivity contribution < 1.29 is 8.42 Å². The number of rotatable bonds is 6. The Morgan fingerprint density at radius 3 is 2.67 bits per heavy atom. The maximum absolute atomic E-state index is 11.4. The summed E-state index contributed by atoms with van der Waals surface area (Å²) in [5.41, 5.74) is 0. The third-order valence-corrected chi connectivity index (χ3v) is 6.08. The van der Waals surface area contributed by atoms with Crippen LogP contribution in [0.25, 0.3) is 0 Å². The first-order chi connectivity index (χ1) is 7.10. The van der Waals surface area contributed by atoms with Crippen LogP contribution in [0.4, 0.5) is 0 Å². The van der Waals surface area contributed by atoms with Gasteiger partial charge in [0, 0.05) is 5.75 Å². The summed E-state index contributed by atoms with van der Waals surface area (Å²) in [6, 6.07) is 0. The minimum Gasteiger partial charge on any atom is -0.221 e. The van der Waals surface area contributed by atoms with E-state index in [1.807, 2.05) is 0 Å². The molecule has 0 saturated heterocycles. The zero-order valence-corrected chi connectivity index (χ0v) is 11.2. The Kier molecular flexibility index (Phi) is 5.01. The van der Waals surface area contributed by atoms with E-state index >= 15 is 0 Å². The minimum absolute atomic E-state index is 0.0846. The van der Waals surface area contributed by atoms with Gasteiger partial charge < -0.3 is 0 Å². The SMILES string of the molecule is CCCCSc1nnc(S(=O)(=O)CC)s1. The summed E-state index contributed by atoms with van der Waals surface area (Å²) in [7, 11) is -3.18. The molecule has 0 aliphatic carbocycles. The maximum Gasteiger partial charge on any atom is 0.233 e. The Morgan fingerprint density at radius 2 is 2.07 bits per heavy atom. The Balaban J connectivity index is 2.65. The average molecular weight is 266 g/mol. The Hall–Kier alpha value is -0.140. The van der Waals surface area contributed by atoms with Crippen LogP contribution in [0.2, 0.25) is 0 Å². The van der Waals surface area contributed by atoms with Gasteiger partial charge in [-0.05, 0) is 6.42 Å². The minimum atomic E-state index is -3.18. The topological polar surface area (TPSA) is 59.9 Å². The lowest BCUT2D eigenvalue weighted by molar-refractivity contribution is 0.595. The summed E-state index contributed by atoms with van der Waals surface area (Å²) < 4.78 is 23.8. The monoisotopic (exact) mass is 266 g/mol. The van der Waals surface area contributed by atoms with E-state index in [1.54, 1.807) is 18.7 Å². The summed E-state index contributed by atoms with van der Waals surface area (Å²) >= 11 is 2.74. The molecule has 0 N–H and O–H groups in total. The van der Waals surface area contributed by atoms with Gasteiger partial charge in [0.2, 0.25) is 14.2 Å². The van der Waals surface area contributed by atoms with Gasteiger partial charge in [0.1, 0.15) is 0 Å². The van der Waals surface area contributed by atoms with Gasteiger partial charge in [-0.15, -0.1) is 10.2 Å². The van der Waals surface area contributed by atoms with Gasteiger partial charge in [0.05, 0.1) is 5.75 Å². The van der Waals surface area contributed by atoms with Crippen molar-refractivity contribution in [1.29, 1.82) is 0 Å². The lowest BCUT2D eigenvalue weighted by Gasteiger charge is -1.93. The molecular weight excluding hydrogens is 252 g/mol. The zero-order chi connectivity index (χ0) is 11.3. The molecule has 1 heterocycles. The maximum atomic E-state index is 11.4. The van der Waals surface area contributed by atoms with E-state index in [0.29, 0.717) is 0 Å². The van der Waals surface area contributed by atoms with Crippen LogP contribution in [0.1, 0.15) is 26.7 Å². The van der Waals surface area contributed by atoms with E-state index in [0.717, 1.165) is 22.9 Å². The van der Waals surface area contributed by atoms with Crippen molar-refractivity contribution in [2.24, 2.45) is 0 Å². The molecule has 0 aliphatic heterocycles. The van der Waals surface area contributed by atoms with Crippen LogP contribution >= 0.6 is 23.1 Å². The molecule has 86 valence electrons. The van der Waals surface area contributed by atoms with Crippen molar-refractivity contribution in [3.63, 3.8) is 0 Å². The first kappa shape index (κ1) is 12.9. The normalized spacial score (nSPS) is 11.9. The standard InChI is InChI=1S/C8H14N2O2S3/c1-3-5-6-13-7-9-10-8(14-7)15(11,12)4-2/h3-6H2,1-2H3. The predicted octanol–water partition coefficient (Wildman–Crippen LogP) is 2.22.